The third kappa shape index (κ3) is 4.95. The number of benzene rings is 2. The van der Waals surface area contributed by atoms with Gasteiger partial charge in [0.1, 0.15) is 18.0 Å². The number of nitrogens with one attached hydrogen (secondary N) is 2. The SMILES string of the molecule is CCOc1ccc(N2C(=O)/C(=C/c3cn(CC(=O)NCCOC)c4ccccc34)NC2=S)cc1. The highest BCUT2D eigenvalue weighted by molar-refractivity contribution is 7.80. The van der Waals surface area contributed by atoms with Gasteiger partial charge in [0.15, 0.2) is 5.11 Å². The van der Waals surface area contributed by atoms with Gasteiger partial charge >= 0.3 is 0 Å². The van der Waals surface area contributed by atoms with Gasteiger partial charge in [0.2, 0.25) is 5.91 Å². The van der Waals surface area contributed by atoms with E-state index in [-0.39, 0.29) is 18.4 Å². The molecule has 1 saturated heterocycles. The predicted octanol–water partition coefficient (Wildman–Crippen LogP) is 3.06. The third-order valence-corrected chi connectivity index (χ3v) is 5.63. The number of nitrogens with zero attached hydrogens (tertiary/aromatic N) is 2. The molecule has 2 amide bonds. The number of hydrogen-bond donors (Lipinski definition) is 2. The molecule has 2 N–H and O–H groups in total. The van der Waals surface area contributed by atoms with Crippen molar-refractivity contribution in [2.45, 2.75) is 13.5 Å². The molecule has 0 aliphatic carbocycles. The lowest BCUT2D eigenvalue weighted by atomic mass is 10.1. The van der Waals surface area contributed by atoms with E-state index in [0.717, 1.165) is 22.2 Å². The summed E-state index contributed by atoms with van der Waals surface area (Å²) in [4.78, 5) is 27.0. The standard InChI is InChI=1S/C25H26N4O4S/c1-3-33-19-10-8-18(9-11-19)29-24(31)21(27-25(29)34)14-17-15-28(16-23(30)26-12-13-32-2)22-7-5-4-6-20(17)22/h4-11,14-15H,3,12-13,16H2,1-2H3,(H,26,30)(H,27,34)/b21-14-. The normalized spacial score (nSPS) is 14.6. The molecule has 34 heavy (non-hydrogen) atoms. The molecule has 1 aliphatic rings. The number of ether oxygens (including phenoxy) is 2. The molecule has 8 nitrogen and oxygen atoms in total. The van der Waals surface area contributed by atoms with Crippen molar-refractivity contribution in [1.82, 2.24) is 15.2 Å². The first-order chi connectivity index (χ1) is 16.5. The zero-order valence-corrected chi connectivity index (χ0v) is 19.9. The number of carbonyl (C=O) groups is 2. The topological polar surface area (TPSA) is 84.8 Å². The first kappa shape index (κ1) is 23.5. The average molecular weight is 479 g/mol. The molecule has 9 heteroatoms. The highest BCUT2D eigenvalue weighted by Gasteiger charge is 2.32. The summed E-state index contributed by atoms with van der Waals surface area (Å²) in [5.74, 6) is 0.366. The molecule has 0 spiro atoms. The van der Waals surface area contributed by atoms with E-state index in [1.807, 2.05) is 54.1 Å². The van der Waals surface area contributed by atoms with Crippen LogP contribution in [0, 0.1) is 0 Å². The van der Waals surface area contributed by atoms with Crippen LogP contribution in [0.15, 0.2) is 60.4 Å². The van der Waals surface area contributed by atoms with E-state index in [9.17, 15) is 9.59 Å². The molecule has 0 saturated carbocycles. The number of thiocarbonyl (C=S) groups is 1. The smallest absolute Gasteiger partial charge is 0.281 e. The Labute approximate surface area is 203 Å². The minimum Gasteiger partial charge on any atom is -0.494 e. The van der Waals surface area contributed by atoms with E-state index in [4.69, 9.17) is 21.7 Å². The Balaban J connectivity index is 1.59. The minimum atomic E-state index is -0.247. The van der Waals surface area contributed by atoms with Crippen molar-refractivity contribution < 1.29 is 19.1 Å². The Morgan fingerprint density at radius 1 is 1.18 bits per heavy atom. The Morgan fingerprint density at radius 2 is 1.94 bits per heavy atom. The molecule has 0 unspecified atom stereocenters. The van der Waals surface area contributed by atoms with E-state index in [1.54, 1.807) is 25.3 Å². The van der Waals surface area contributed by atoms with Crippen LogP contribution >= 0.6 is 12.2 Å². The quantitative estimate of drug-likeness (QED) is 0.279. The van der Waals surface area contributed by atoms with Crippen LogP contribution in [0.4, 0.5) is 5.69 Å². The molecule has 1 fully saturated rings. The summed E-state index contributed by atoms with van der Waals surface area (Å²) in [5, 5.41) is 7.09. The van der Waals surface area contributed by atoms with Gasteiger partial charge in [0.25, 0.3) is 5.91 Å². The molecule has 0 radical (unpaired) electrons. The van der Waals surface area contributed by atoms with Crippen molar-refractivity contribution in [3.8, 4) is 5.75 Å². The summed E-state index contributed by atoms with van der Waals surface area (Å²) >= 11 is 5.44. The number of carbonyl (C=O) groups excluding carboxylic acids is 2. The Hall–Kier alpha value is -3.69. The Bertz CT molecular complexity index is 1250. The molecule has 2 aromatic carbocycles. The summed E-state index contributed by atoms with van der Waals surface area (Å²) in [6.07, 6.45) is 3.63. The van der Waals surface area contributed by atoms with Crippen molar-refractivity contribution in [3.63, 3.8) is 0 Å². The molecule has 1 aromatic heterocycles. The lowest BCUT2D eigenvalue weighted by molar-refractivity contribution is -0.121. The minimum absolute atomic E-state index is 0.116. The Kier molecular flexibility index (Phi) is 7.24. The third-order valence-electron chi connectivity index (χ3n) is 5.35. The highest BCUT2D eigenvalue weighted by Crippen LogP contribution is 2.27. The fourth-order valence-corrected chi connectivity index (χ4v) is 4.11. The number of methoxy groups -OCH3 is 1. The monoisotopic (exact) mass is 478 g/mol. The van der Waals surface area contributed by atoms with Crippen molar-refractivity contribution in [1.29, 1.82) is 0 Å². The maximum Gasteiger partial charge on any atom is 0.281 e. The predicted molar refractivity (Wildman–Crippen MR) is 136 cm³/mol. The van der Waals surface area contributed by atoms with Crippen LogP contribution in [-0.2, 0) is 20.9 Å². The zero-order valence-electron chi connectivity index (χ0n) is 19.0. The molecule has 4 rings (SSSR count). The highest BCUT2D eigenvalue weighted by atomic mass is 32.1. The van der Waals surface area contributed by atoms with Crippen LogP contribution in [0.2, 0.25) is 0 Å². The van der Waals surface area contributed by atoms with Gasteiger partial charge in [-0.05, 0) is 55.5 Å². The molecule has 2 heterocycles. The van der Waals surface area contributed by atoms with Gasteiger partial charge in [-0.25, -0.2) is 0 Å². The van der Waals surface area contributed by atoms with E-state index in [2.05, 4.69) is 10.6 Å². The van der Waals surface area contributed by atoms with Crippen LogP contribution in [-0.4, -0.2) is 48.4 Å². The number of hydrogen-bond acceptors (Lipinski definition) is 5. The molecule has 0 bridgehead atoms. The van der Waals surface area contributed by atoms with Crippen LogP contribution in [0.5, 0.6) is 5.75 Å². The number of aromatic nitrogens is 1. The van der Waals surface area contributed by atoms with E-state index >= 15 is 0 Å². The van der Waals surface area contributed by atoms with E-state index < -0.39 is 0 Å². The van der Waals surface area contributed by atoms with Crippen molar-refractivity contribution in [2.75, 3.05) is 31.8 Å². The largest absolute Gasteiger partial charge is 0.494 e. The van der Waals surface area contributed by atoms with Gasteiger partial charge in [0.05, 0.1) is 18.9 Å². The summed E-state index contributed by atoms with van der Waals surface area (Å²) in [7, 11) is 1.59. The molecule has 176 valence electrons. The maximum atomic E-state index is 13.2. The van der Waals surface area contributed by atoms with Gasteiger partial charge in [0, 0.05) is 36.3 Å². The number of amides is 2. The number of rotatable bonds is 9. The number of anilines is 1. The molecule has 0 atom stereocenters. The summed E-state index contributed by atoms with van der Waals surface area (Å²) in [6.45, 7) is 3.54. The first-order valence-corrected chi connectivity index (χ1v) is 11.4. The van der Waals surface area contributed by atoms with E-state index in [0.29, 0.717) is 36.3 Å². The Morgan fingerprint density at radius 3 is 2.68 bits per heavy atom. The van der Waals surface area contributed by atoms with Crippen LogP contribution < -0.4 is 20.3 Å². The van der Waals surface area contributed by atoms with Crippen molar-refractivity contribution in [2.24, 2.45) is 0 Å². The summed E-state index contributed by atoms with van der Waals surface area (Å²) in [5.41, 5.74) is 2.73. The van der Waals surface area contributed by atoms with Crippen LogP contribution in [0.3, 0.4) is 0 Å². The second-order valence-corrected chi connectivity index (χ2v) is 8.01. The van der Waals surface area contributed by atoms with Gasteiger partial charge < -0.3 is 24.7 Å². The van der Waals surface area contributed by atoms with Gasteiger partial charge in [-0.15, -0.1) is 0 Å². The molecule has 1 aliphatic heterocycles. The lowest BCUT2D eigenvalue weighted by Crippen LogP contribution is -2.30. The van der Waals surface area contributed by atoms with E-state index in [1.165, 1.54) is 4.90 Å². The van der Waals surface area contributed by atoms with Crippen LogP contribution in [0.1, 0.15) is 12.5 Å². The molecular formula is C25H26N4O4S. The van der Waals surface area contributed by atoms with Gasteiger partial charge in [-0.2, -0.15) is 0 Å². The zero-order chi connectivity index (χ0) is 24.1. The maximum absolute atomic E-state index is 13.2. The van der Waals surface area contributed by atoms with Crippen molar-refractivity contribution >= 4 is 51.8 Å². The van der Waals surface area contributed by atoms with Gasteiger partial charge in [-0.3, -0.25) is 14.5 Å². The first-order valence-electron chi connectivity index (χ1n) is 10.9. The fourth-order valence-electron chi connectivity index (χ4n) is 3.81. The second-order valence-electron chi connectivity index (χ2n) is 7.63. The fraction of sp³-hybridized carbons (Fsp3) is 0.240. The van der Waals surface area contributed by atoms with Gasteiger partial charge in [-0.1, -0.05) is 18.2 Å². The molecule has 3 aromatic rings. The van der Waals surface area contributed by atoms with Crippen molar-refractivity contribution in [3.05, 3.63) is 66.0 Å². The average Bonchev–Trinajstić information content (AvgIpc) is 3.31. The number of fused-ring (bicyclic) bond motifs is 1. The second kappa shape index (κ2) is 10.5. The molecular weight excluding hydrogens is 452 g/mol. The number of para-hydroxylation sites is 1. The summed E-state index contributed by atoms with van der Waals surface area (Å²) < 4.78 is 12.3. The summed E-state index contributed by atoms with van der Waals surface area (Å²) in [6, 6.07) is 15.0. The lowest BCUT2D eigenvalue weighted by Gasteiger charge is -2.14. The van der Waals surface area contributed by atoms with Crippen LogP contribution in [0.25, 0.3) is 17.0 Å².